The number of piperidine rings is 1. The molecule has 138 valence electrons. The van der Waals surface area contributed by atoms with Crippen molar-refractivity contribution in [3.63, 3.8) is 0 Å². The minimum Gasteiger partial charge on any atom is -0.368 e. The van der Waals surface area contributed by atoms with Gasteiger partial charge in [-0.15, -0.1) is 10.2 Å². The van der Waals surface area contributed by atoms with Crippen LogP contribution in [-0.4, -0.2) is 62.9 Å². The van der Waals surface area contributed by atoms with Crippen LogP contribution in [-0.2, 0) is 16.1 Å². The van der Waals surface area contributed by atoms with Crippen LogP contribution < -0.4 is 5.32 Å². The molecule has 26 heavy (non-hydrogen) atoms. The van der Waals surface area contributed by atoms with E-state index in [0.717, 1.165) is 30.4 Å². The van der Waals surface area contributed by atoms with Gasteiger partial charge >= 0.3 is 0 Å². The zero-order valence-corrected chi connectivity index (χ0v) is 15.2. The van der Waals surface area contributed by atoms with E-state index in [4.69, 9.17) is 4.74 Å². The van der Waals surface area contributed by atoms with E-state index in [-0.39, 0.29) is 11.9 Å². The summed E-state index contributed by atoms with van der Waals surface area (Å²) in [4.78, 5) is 19.5. The van der Waals surface area contributed by atoms with Crippen molar-refractivity contribution in [2.24, 2.45) is 0 Å². The highest BCUT2D eigenvalue weighted by Gasteiger charge is 2.44. The molecule has 0 saturated carbocycles. The first-order chi connectivity index (χ1) is 12.6. The Morgan fingerprint density at radius 2 is 2.12 bits per heavy atom. The average Bonchev–Trinajstić information content (AvgIpc) is 3.13. The predicted octanol–water partition coefficient (Wildman–Crippen LogP) is 1.01. The predicted molar refractivity (Wildman–Crippen MR) is 95.2 cm³/mol. The minimum absolute atomic E-state index is 0.0574. The Hall–Kier alpha value is -2.32. The number of hydrogen-bond donors (Lipinski definition) is 1. The Balaban J connectivity index is 1.61. The van der Waals surface area contributed by atoms with E-state index in [1.807, 2.05) is 23.1 Å². The Morgan fingerprint density at radius 1 is 1.31 bits per heavy atom. The number of aromatic nitrogens is 4. The number of pyridine rings is 1. The Morgan fingerprint density at radius 3 is 2.81 bits per heavy atom. The number of carbonyl (C=O) groups excluding carboxylic acids is 1. The quantitative estimate of drug-likeness (QED) is 0.884. The normalized spacial score (nSPS) is 22.1. The summed E-state index contributed by atoms with van der Waals surface area (Å²) >= 11 is 0. The summed E-state index contributed by atoms with van der Waals surface area (Å²) in [7, 11) is 1.64. The molecule has 1 atom stereocenters. The fourth-order valence-corrected chi connectivity index (χ4v) is 3.98. The molecule has 2 aromatic rings. The highest BCUT2D eigenvalue weighted by atomic mass is 16.5. The molecule has 2 aromatic heterocycles. The maximum Gasteiger partial charge on any atom is 0.255 e. The number of hydrogen-bond acceptors (Lipinski definition) is 6. The molecule has 4 rings (SSSR count). The third kappa shape index (κ3) is 2.79. The van der Waals surface area contributed by atoms with Crippen LogP contribution in [0.4, 0.5) is 0 Å². The van der Waals surface area contributed by atoms with Crippen molar-refractivity contribution >= 4 is 5.91 Å². The number of ether oxygens (including phenoxy) is 1. The molecular formula is C18H24N6O2. The molecule has 1 amide bonds. The van der Waals surface area contributed by atoms with Gasteiger partial charge in [0, 0.05) is 19.9 Å². The van der Waals surface area contributed by atoms with Crippen molar-refractivity contribution in [1.29, 1.82) is 0 Å². The largest absolute Gasteiger partial charge is 0.368 e. The van der Waals surface area contributed by atoms with Crippen LogP contribution in [0.3, 0.4) is 0 Å². The highest BCUT2D eigenvalue weighted by Crippen LogP contribution is 2.31. The molecule has 0 bridgehead atoms. The lowest BCUT2D eigenvalue weighted by atomic mass is 9.90. The Labute approximate surface area is 152 Å². The summed E-state index contributed by atoms with van der Waals surface area (Å²) in [6.07, 6.45) is 3.14. The maximum atomic E-state index is 13.2. The SMILES string of the molecule is COC1(C(=O)N2Cc3nnc(-c4ccccn4)n3[C@@H](C)C2)CCNCC1. The number of rotatable bonds is 3. The van der Waals surface area contributed by atoms with E-state index in [0.29, 0.717) is 25.9 Å². The number of amides is 1. The maximum absolute atomic E-state index is 13.2. The number of methoxy groups -OCH3 is 1. The number of nitrogens with one attached hydrogen (secondary N) is 1. The molecular weight excluding hydrogens is 332 g/mol. The van der Waals surface area contributed by atoms with Crippen LogP contribution in [0.25, 0.3) is 11.5 Å². The van der Waals surface area contributed by atoms with E-state index >= 15 is 0 Å². The van der Waals surface area contributed by atoms with Crippen LogP contribution in [0.15, 0.2) is 24.4 Å². The van der Waals surface area contributed by atoms with Crippen molar-refractivity contribution in [1.82, 2.24) is 30.0 Å². The van der Waals surface area contributed by atoms with Gasteiger partial charge in [-0.2, -0.15) is 0 Å². The standard InChI is InChI=1S/C18H24N6O2/c1-13-11-23(17(25)18(26-2)6-9-19-10-7-18)12-15-21-22-16(24(13)15)14-5-3-4-8-20-14/h3-5,8,13,19H,6-7,9-12H2,1-2H3/t13-/m0/s1. The second-order valence-corrected chi connectivity index (χ2v) is 7.01. The first-order valence-electron chi connectivity index (χ1n) is 9.05. The molecule has 0 unspecified atom stereocenters. The van der Waals surface area contributed by atoms with Gasteiger partial charge in [0.1, 0.15) is 11.3 Å². The van der Waals surface area contributed by atoms with Crippen LogP contribution in [0.1, 0.15) is 31.6 Å². The van der Waals surface area contributed by atoms with Gasteiger partial charge in [0.25, 0.3) is 5.91 Å². The van der Waals surface area contributed by atoms with Gasteiger partial charge in [-0.1, -0.05) is 6.07 Å². The molecule has 8 heteroatoms. The van der Waals surface area contributed by atoms with Crippen LogP contribution in [0.2, 0.25) is 0 Å². The van der Waals surface area contributed by atoms with E-state index < -0.39 is 5.60 Å². The van der Waals surface area contributed by atoms with Crippen molar-refractivity contribution in [3.05, 3.63) is 30.2 Å². The fourth-order valence-electron chi connectivity index (χ4n) is 3.98. The first-order valence-corrected chi connectivity index (χ1v) is 9.05. The zero-order valence-electron chi connectivity index (χ0n) is 15.2. The molecule has 0 aromatic carbocycles. The summed E-state index contributed by atoms with van der Waals surface area (Å²) in [6, 6.07) is 5.82. The molecule has 0 radical (unpaired) electrons. The van der Waals surface area contributed by atoms with E-state index in [2.05, 4.69) is 32.0 Å². The van der Waals surface area contributed by atoms with Crippen molar-refractivity contribution < 1.29 is 9.53 Å². The second kappa shape index (κ2) is 6.77. The summed E-state index contributed by atoms with van der Waals surface area (Å²) in [5, 5.41) is 12.0. The monoisotopic (exact) mass is 356 g/mol. The van der Waals surface area contributed by atoms with E-state index in [1.54, 1.807) is 13.3 Å². The zero-order chi connectivity index (χ0) is 18.1. The molecule has 1 fully saturated rings. The lowest BCUT2D eigenvalue weighted by molar-refractivity contribution is -0.160. The number of nitrogens with zero attached hydrogens (tertiary/aromatic N) is 5. The molecule has 2 aliphatic rings. The van der Waals surface area contributed by atoms with Gasteiger partial charge in [-0.3, -0.25) is 9.78 Å². The summed E-state index contributed by atoms with van der Waals surface area (Å²) in [5.74, 6) is 1.60. The lowest BCUT2D eigenvalue weighted by Gasteiger charge is -2.41. The Bertz CT molecular complexity index is 784. The van der Waals surface area contributed by atoms with Crippen LogP contribution in [0, 0.1) is 0 Å². The summed E-state index contributed by atoms with van der Waals surface area (Å²) in [6.45, 7) is 4.73. The third-order valence-electron chi connectivity index (χ3n) is 5.40. The second-order valence-electron chi connectivity index (χ2n) is 7.01. The van der Waals surface area contributed by atoms with Gasteiger partial charge < -0.3 is 19.5 Å². The average molecular weight is 356 g/mol. The topological polar surface area (TPSA) is 85.2 Å². The van der Waals surface area contributed by atoms with Gasteiger partial charge in [-0.05, 0) is 45.0 Å². The first kappa shape index (κ1) is 17.1. The smallest absolute Gasteiger partial charge is 0.255 e. The van der Waals surface area contributed by atoms with Crippen LogP contribution in [0.5, 0.6) is 0 Å². The van der Waals surface area contributed by atoms with Crippen molar-refractivity contribution in [3.8, 4) is 11.5 Å². The van der Waals surface area contributed by atoms with Crippen LogP contribution >= 0.6 is 0 Å². The number of carbonyl (C=O) groups is 1. The Kier molecular flexibility index (Phi) is 4.46. The van der Waals surface area contributed by atoms with Crippen molar-refractivity contribution in [2.45, 2.75) is 38.0 Å². The molecule has 1 N–H and O–H groups in total. The van der Waals surface area contributed by atoms with Gasteiger partial charge in [0.2, 0.25) is 0 Å². The summed E-state index contributed by atoms with van der Waals surface area (Å²) in [5.41, 5.74) is 0.0707. The van der Waals surface area contributed by atoms with E-state index in [9.17, 15) is 4.79 Å². The molecule has 2 aliphatic heterocycles. The van der Waals surface area contributed by atoms with Gasteiger partial charge in [-0.25, -0.2) is 0 Å². The van der Waals surface area contributed by atoms with E-state index in [1.165, 1.54) is 0 Å². The van der Waals surface area contributed by atoms with Crippen molar-refractivity contribution in [2.75, 3.05) is 26.7 Å². The highest BCUT2D eigenvalue weighted by molar-refractivity contribution is 5.85. The van der Waals surface area contributed by atoms with Gasteiger partial charge in [0.15, 0.2) is 11.6 Å². The minimum atomic E-state index is -0.725. The molecule has 0 spiro atoms. The summed E-state index contributed by atoms with van der Waals surface area (Å²) < 4.78 is 7.80. The number of fused-ring (bicyclic) bond motifs is 1. The third-order valence-corrected chi connectivity index (χ3v) is 5.40. The molecule has 1 saturated heterocycles. The lowest BCUT2D eigenvalue weighted by Crippen LogP contribution is -2.56. The molecule has 0 aliphatic carbocycles. The molecule has 4 heterocycles. The fraction of sp³-hybridized carbons (Fsp3) is 0.556. The van der Waals surface area contributed by atoms with Gasteiger partial charge in [0.05, 0.1) is 12.6 Å². The molecule has 8 nitrogen and oxygen atoms in total.